The molecule has 2 aromatic heterocycles. The number of carbonyl (C=O) groups excluding carboxylic acids is 1. The minimum atomic E-state index is -0.130. The Morgan fingerprint density at radius 1 is 1.52 bits per heavy atom. The maximum absolute atomic E-state index is 12.2. The quantitative estimate of drug-likeness (QED) is 0.699. The normalized spacial score (nSPS) is 17.7. The standard InChI is InChI=1S/C16H17N3OS/c1-11-5-6-13-14(10-21-15(13)8-11)16(20)19-18-9-12-4-2-3-7-17-12/h2-4,7,9-11H,5-6,8H2,1H3,(H,19,20)/b18-9-/t11-/m1/s1. The average molecular weight is 299 g/mol. The summed E-state index contributed by atoms with van der Waals surface area (Å²) in [7, 11) is 0. The fourth-order valence-electron chi connectivity index (χ4n) is 2.54. The maximum Gasteiger partial charge on any atom is 0.272 e. The minimum absolute atomic E-state index is 0.130. The molecule has 21 heavy (non-hydrogen) atoms. The number of amides is 1. The molecule has 0 unspecified atom stereocenters. The lowest BCUT2D eigenvalue weighted by Crippen LogP contribution is -2.20. The van der Waals surface area contributed by atoms with Gasteiger partial charge in [-0.25, -0.2) is 5.43 Å². The number of fused-ring (bicyclic) bond motifs is 1. The zero-order chi connectivity index (χ0) is 14.7. The van der Waals surface area contributed by atoms with Crippen molar-refractivity contribution in [3.63, 3.8) is 0 Å². The van der Waals surface area contributed by atoms with Crippen molar-refractivity contribution in [2.24, 2.45) is 11.0 Å². The number of hydrogen-bond acceptors (Lipinski definition) is 4. The molecule has 4 nitrogen and oxygen atoms in total. The Morgan fingerprint density at radius 2 is 2.43 bits per heavy atom. The molecule has 0 aromatic carbocycles. The fourth-order valence-corrected chi connectivity index (χ4v) is 3.78. The third-order valence-electron chi connectivity index (χ3n) is 3.70. The SMILES string of the molecule is C[C@@H]1CCc2c(C(=O)N/N=C\c3ccccn3)csc2C1. The van der Waals surface area contributed by atoms with Crippen molar-refractivity contribution >= 4 is 23.5 Å². The van der Waals surface area contributed by atoms with Crippen LogP contribution in [0, 0.1) is 5.92 Å². The van der Waals surface area contributed by atoms with Gasteiger partial charge in [0.2, 0.25) is 0 Å². The first-order valence-corrected chi connectivity index (χ1v) is 7.95. The van der Waals surface area contributed by atoms with Crippen LogP contribution < -0.4 is 5.43 Å². The zero-order valence-corrected chi connectivity index (χ0v) is 12.7. The molecule has 1 atom stereocenters. The molecule has 0 spiro atoms. The molecular formula is C16H17N3OS. The van der Waals surface area contributed by atoms with Gasteiger partial charge in [-0.2, -0.15) is 5.10 Å². The lowest BCUT2D eigenvalue weighted by molar-refractivity contribution is 0.0954. The molecule has 108 valence electrons. The molecule has 3 rings (SSSR count). The molecule has 0 saturated heterocycles. The van der Waals surface area contributed by atoms with Crippen molar-refractivity contribution in [3.05, 3.63) is 51.5 Å². The number of nitrogens with one attached hydrogen (secondary N) is 1. The van der Waals surface area contributed by atoms with Crippen LogP contribution in [0.5, 0.6) is 0 Å². The second-order valence-electron chi connectivity index (χ2n) is 5.35. The number of nitrogens with zero attached hydrogens (tertiary/aromatic N) is 2. The molecule has 0 bridgehead atoms. The number of thiophene rings is 1. The molecule has 1 aliphatic carbocycles. The van der Waals surface area contributed by atoms with Crippen LogP contribution in [-0.4, -0.2) is 17.1 Å². The van der Waals surface area contributed by atoms with Gasteiger partial charge < -0.3 is 0 Å². The summed E-state index contributed by atoms with van der Waals surface area (Å²) in [6.07, 6.45) is 6.48. The van der Waals surface area contributed by atoms with E-state index in [0.717, 1.165) is 30.5 Å². The van der Waals surface area contributed by atoms with Crippen LogP contribution >= 0.6 is 11.3 Å². The van der Waals surface area contributed by atoms with E-state index < -0.39 is 0 Å². The van der Waals surface area contributed by atoms with Crippen LogP contribution in [0.2, 0.25) is 0 Å². The molecule has 5 heteroatoms. The Labute approximate surface area is 127 Å². The van der Waals surface area contributed by atoms with Crippen molar-refractivity contribution in [1.82, 2.24) is 10.4 Å². The number of aromatic nitrogens is 1. The highest BCUT2D eigenvalue weighted by molar-refractivity contribution is 7.10. The van der Waals surface area contributed by atoms with Gasteiger partial charge in [0.1, 0.15) is 0 Å². The molecule has 2 aromatic rings. The first-order valence-electron chi connectivity index (χ1n) is 7.07. The number of carbonyl (C=O) groups is 1. The van der Waals surface area contributed by atoms with Crippen LogP contribution in [0.1, 0.15) is 39.8 Å². The Kier molecular flexibility index (Phi) is 4.10. The van der Waals surface area contributed by atoms with Crippen molar-refractivity contribution < 1.29 is 4.79 Å². The van der Waals surface area contributed by atoms with Gasteiger partial charge >= 0.3 is 0 Å². The Morgan fingerprint density at radius 3 is 3.24 bits per heavy atom. The highest BCUT2D eigenvalue weighted by atomic mass is 32.1. The number of hydrogen-bond donors (Lipinski definition) is 1. The van der Waals surface area contributed by atoms with E-state index in [1.807, 2.05) is 23.6 Å². The molecule has 0 saturated carbocycles. The molecule has 2 heterocycles. The van der Waals surface area contributed by atoms with E-state index in [4.69, 9.17) is 0 Å². The second-order valence-corrected chi connectivity index (χ2v) is 6.32. The first-order chi connectivity index (χ1) is 10.2. The average Bonchev–Trinajstić information content (AvgIpc) is 2.91. The van der Waals surface area contributed by atoms with E-state index >= 15 is 0 Å². The van der Waals surface area contributed by atoms with Gasteiger partial charge in [-0.3, -0.25) is 9.78 Å². The summed E-state index contributed by atoms with van der Waals surface area (Å²) in [6, 6.07) is 5.56. The molecule has 1 aliphatic rings. The fraction of sp³-hybridized carbons (Fsp3) is 0.312. The van der Waals surface area contributed by atoms with Gasteiger partial charge in [0.05, 0.1) is 17.5 Å². The Hall–Kier alpha value is -2.01. The van der Waals surface area contributed by atoms with E-state index in [1.54, 1.807) is 23.7 Å². The summed E-state index contributed by atoms with van der Waals surface area (Å²) < 4.78 is 0. The summed E-state index contributed by atoms with van der Waals surface area (Å²) in [5, 5.41) is 5.93. The molecule has 1 N–H and O–H groups in total. The third-order valence-corrected chi connectivity index (χ3v) is 4.75. The van der Waals surface area contributed by atoms with E-state index in [-0.39, 0.29) is 5.91 Å². The van der Waals surface area contributed by atoms with E-state index in [0.29, 0.717) is 5.92 Å². The van der Waals surface area contributed by atoms with Crippen LogP contribution in [0.3, 0.4) is 0 Å². The predicted molar refractivity (Wildman–Crippen MR) is 84.8 cm³/mol. The van der Waals surface area contributed by atoms with Crippen LogP contribution in [-0.2, 0) is 12.8 Å². The van der Waals surface area contributed by atoms with Crippen molar-refractivity contribution in [2.75, 3.05) is 0 Å². The lowest BCUT2D eigenvalue weighted by Gasteiger charge is -2.18. The summed E-state index contributed by atoms with van der Waals surface area (Å²) in [4.78, 5) is 17.7. The largest absolute Gasteiger partial charge is 0.272 e. The van der Waals surface area contributed by atoms with Gasteiger partial charge in [0, 0.05) is 16.5 Å². The Bertz CT molecular complexity index is 663. The van der Waals surface area contributed by atoms with Gasteiger partial charge in [-0.1, -0.05) is 13.0 Å². The van der Waals surface area contributed by atoms with Gasteiger partial charge in [0.25, 0.3) is 5.91 Å². The van der Waals surface area contributed by atoms with Crippen molar-refractivity contribution in [2.45, 2.75) is 26.2 Å². The van der Waals surface area contributed by atoms with E-state index in [1.165, 1.54) is 10.4 Å². The third kappa shape index (κ3) is 3.19. The highest BCUT2D eigenvalue weighted by Gasteiger charge is 2.22. The van der Waals surface area contributed by atoms with Crippen molar-refractivity contribution in [3.8, 4) is 0 Å². The van der Waals surface area contributed by atoms with Gasteiger partial charge in [-0.05, 0) is 42.9 Å². The summed E-state index contributed by atoms with van der Waals surface area (Å²) in [5.41, 5.74) is 5.30. The van der Waals surface area contributed by atoms with Crippen LogP contribution in [0.25, 0.3) is 0 Å². The molecule has 0 radical (unpaired) electrons. The maximum atomic E-state index is 12.2. The summed E-state index contributed by atoms with van der Waals surface area (Å²) >= 11 is 1.69. The molecule has 0 fully saturated rings. The second kappa shape index (κ2) is 6.18. The summed E-state index contributed by atoms with van der Waals surface area (Å²) in [6.45, 7) is 2.26. The highest BCUT2D eigenvalue weighted by Crippen LogP contribution is 2.32. The van der Waals surface area contributed by atoms with E-state index in [9.17, 15) is 4.79 Å². The molecule has 1 amide bonds. The van der Waals surface area contributed by atoms with Gasteiger partial charge in [-0.15, -0.1) is 11.3 Å². The Balaban J connectivity index is 1.68. The van der Waals surface area contributed by atoms with E-state index in [2.05, 4.69) is 22.4 Å². The number of pyridine rings is 1. The first kappa shape index (κ1) is 13.9. The number of rotatable bonds is 3. The minimum Gasteiger partial charge on any atom is -0.267 e. The van der Waals surface area contributed by atoms with Crippen LogP contribution in [0.4, 0.5) is 0 Å². The summed E-state index contributed by atoms with van der Waals surface area (Å²) in [5.74, 6) is 0.587. The smallest absolute Gasteiger partial charge is 0.267 e. The van der Waals surface area contributed by atoms with Crippen molar-refractivity contribution in [1.29, 1.82) is 0 Å². The monoisotopic (exact) mass is 299 g/mol. The number of hydrazone groups is 1. The molecular weight excluding hydrogens is 282 g/mol. The van der Waals surface area contributed by atoms with Crippen LogP contribution in [0.15, 0.2) is 34.9 Å². The topological polar surface area (TPSA) is 54.4 Å². The van der Waals surface area contributed by atoms with Gasteiger partial charge in [0.15, 0.2) is 0 Å². The molecule has 0 aliphatic heterocycles. The zero-order valence-electron chi connectivity index (χ0n) is 11.9. The predicted octanol–water partition coefficient (Wildman–Crippen LogP) is 3.03. The lowest BCUT2D eigenvalue weighted by atomic mass is 9.88.